The van der Waals surface area contributed by atoms with Gasteiger partial charge < -0.3 is 33.3 Å². The highest BCUT2D eigenvalue weighted by Crippen LogP contribution is 2.35. The third-order valence-electron chi connectivity index (χ3n) is 15.5. The van der Waals surface area contributed by atoms with Gasteiger partial charge in [0.25, 0.3) is 5.91 Å². The average molecular weight is 1380 g/mol. The lowest BCUT2D eigenvalue weighted by Crippen LogP contribution is -2.40. The molecule has 1 fully saturated rings. The number of aryl methyl sites for hydroxylation is 6. The molecule has 7 aromatic heterocycles. The number of hydrogen-bond acceptors (Lipinski definition) is 18. The summed E-state index contributed by atoms with van der Waals surface area (Å²) in [7, 11) is -1.39. The molecule has 0 saturated carbocycles. The summed E-state index contributed by atoms with van der Waals surface area (Å²) < 4.78 is 109. The van der Waals surface area contributed by atoms with Crippen molar-refractivity contribution in [3.8, 4) is 34.4 Å². The highest BCUT2D eigenvalue weighted by Gasteiger charge is 2.39. The summed E-state index contributed by atoms with van der Waals surface area (Å²) in [5, 5.41) is 32.8. The van der Waals surface area contributed by atoms with Gasteiger partial charge in [0.15, 0.2) is 50.5 Å². The average Bonchev–Trinajstić information content (AvgIpc) is 1.62. The molecule has 1 aliphatic rings. The maximum absolute atomic E-state index is 13.4. The van der Waals surface area contributed by atoms with Crippen LogP contribution in [0.2, 0.25) is 5.02 Å². The molecule has 508 valence electrons. The number of H-pyrrole nitrogens is 3. The number of ether oxygens (including phenoxy) is 4. The van der Waals surface area contributed by atoms with E-state index >= 15 is 0 Å². The molecule has 4 N–H and O–H groups in total. The molecule has 32 heteroatoms. The second-order valence-electron chi connectivity index (χ2n) is 23.6. The van der Waals surface area contributed by atoms with Crippen molar-refractivity contribution in [3.63, 3.8) is 0 Å². The number of amides is 1. The molecule has 0 aliphatic carbocycles. The van der Waals surface area contributed by atoms with Crippen molar-refractivity contribution in [2.75, 3.05) is 55.5 Å². The number of benzene rings is 4. The largest absolute Gasteiger partial charge is 0.496 e. The highest BCUT2D eigenvalue weighted by molar-refractivity contribution is 7.91. The third kappa shape index (κ3) is 16.3. The number of esters is 1. The number of hydrogen-bond donors (Lipinski definition) is 4. The Kier molecular flexibility index (Phi) is 20.9. The first kappa shape index (κ1) is 69.1. The second-order valence-corrected chi connectivity index (χ2v) is 27.5. The molecule has 1 amide bonds. The highest BCUT2D eigenvalue weighted by atomic mass is 35.5. The number of methoxy groups -OCH3 is 1. The summed E-state index contributed by atoms with van der Waals surface area (Å²) in [5.41, 5.74) is 5.38. The van der Waals surface area contributed by atoms with Gasteiger partial charge in [-0.1, -0.05) is 60.5 Å². The van der Waals surface area contributed by atoms with E-state index in [0.717, 1.165) is 48.8 Å². The lowest BCUT2D eigenvalue weighted by Gasteiger charge is -2.28. The summed E-state index contributed by atoms with van der Waals surface area (Å²) in [6.45, 7) is 18.4. The van der Waals surface area contributed by atoms with Crippen LogP contribution >= 0.6 is 11.6 Å². The number of aromatic amines is 3. The van der Waals surface area contributed by atoms with E-state index < -0.39 is 50.3 Å². The third-order valence-corrected chi connectivity index (χ3v) is 18.5. The smallest absolute Gasteiger partial charge is 0.435 e. The number of anilines is 1. The molecule has 0 bridgehead atoms. The van der Waals surface area contributed by atoms with Crippen molar-refractivity contribution in [1.82, 2.24) is 74.5 Å². The Morgan fingerprint density at radius 1 is 0.802 bits per heavy atom. The summed E-state index contributed by atoms with van der Waals surface area (Å²) in [6, 6.07) is 29.4. The van der Waals surface area contributed by atoms with E-state index in [-0.39, 0.29) is 47.0 Å². The number of para-hydroxylation sites is 1. The fourth-order valence-electron chi connectivity index (χ4n) is 10.1. The fraction of sp³-hybridized carbons (Fsp3) is 0.359. The van der Waals surface area contributed by atoms with Crippen LogP contribution in [0.1, 0.15) is 102 Å². The van der Waals surface area contributed by atoms with Crippen molar-refractivity contribution in [2.45, 2.75) is 98.8 Å². The van der Waals surface area contributed by atoms with Crippen LogP contribution < -0.4 is 28.6 Å². The predicted octanol–water partition coefficient (Wildman–Crippen LogP) is 10.1. The molecular weight excluding hydrogens is 1310 g/mol. The van der Waals surface area contributed by atoms with Crippen LogP contribution in [0.4, 0.5) is 18.9 Å². The van der Waals surface area contributed by atoms with Crippen LogP contribution in [0.25, 0.3) is 22.6 Å². The Morgan fingerprint density at radius 3 is 2.20 bits per heavy atom. The van der Waals surface area contributed by atoms with Crippen LogP contribution in [-0.4, -0.2) is 150 Å². The Balaban J connectivity index is 0.000000157. The number of carbonyl (C=O) groups is 2. The van der Waals surface area contributed by atoms with E-state index in [0.29, 0.717) is 94.8 Å². The van der Waals surface area contributed by atoms with Crippen molar-refractivity contribution in [2.24, 2.45) is 0 Å². The molecule has 1 aliphatic heterocycles. The molecule has 96 heavy (non-hydrogen) atoms. The van der Waals surface area contributed by atoms with Crippen molar-refractivity contribution in [3.05, 3.63) is 171 Å². The van der Waals surface area contributed by atoms with Crippen LogP contribution in [-0.2, 0) is 48.5 Å². The maximum atomic E-state index is 13.4. The van der Waals surface area contributed by atoms with Gasteiger partial charge in [-0.2, -0.15) is 22.9 Å². The Bertz CT molecular complexity index is 4660. The maximum Gasteiger partial charge on any atom is 0.435 e. The Labute approximate surface area is 557 Å². The SMILES string of the molecule is COc1ccccc1C(=O)NCC(C)c1nc2c(Oc3ccc(C)cc3)c(C)[nH]n2n1.Cc1[nH]n2c(C(C)(C)COC(=O)C(C)Oc3ccc(N4CCS(=O)(=O)CC4)cc3)nnc2c1Cl.Cc1ccc(C)c(OS(=O)CCCc2nc3c(-n4cccn4)c(C(F)(F)F)[nH]n3n2)c1. The molecule has 8 heterocycles. The minimum Gasteiger partial charge on any atom is -0.496 e. The number of halogens is 4. The fourth-order valence-corrected chi connectivity index (χ4v) is 12.3. The molecule has 1 saturated heterocycles. The molecule has 3 atom stereocenters. The number of alkyl halides is 3. The number of carbonyl (C=O) groups excluding carboxylic acids is 2. The van der Waals surface area contributed by atoms with Crippen molar-refractivity contribution in [1.29, 1.82) is 0 Å². The number of nitrogens with zero attached hydrogens (tertiary/aromatic N) is 12. The molecule has 4 aromatic carbocycles. The lowest BCUT2D eigenvalue weighted by molar-refractivity contribution is -0.152. The zero-order chi connectivity index (χ0) is 68.8. The monoisotopic (exact) mass is 1380 g/mol. The number of nitrogens with one attached hydrogen (secondary N) is 4. The number of rotatable bonds is 21. The summed E-state index contributed by atoms with van der Waals surface area (Å²) >= 11 is 4.68. The number of aromatic nitrogens is 14. The minimum atomic E-state index is -4.62. The molecule has 0 spiro atoms. The van der Waals surface area contributed by atoms with Gasteiger partial charge in [0.1, 0.15) is 40.3 Å². The summed E-state index contributed by atoms with van der Waals surface area (Å²) in [6.07, 6.45) is -1.88. The first-order valence-electron chi connectivity index (χ1n) is 30.4. The van der Waals surface area contributed by atoms with E-state index in [1.807, 2.05) is 121 Å². The van der Waals surface area contributed by atoms with Gasteiger partial charge in [0, 0.05) is 50.1 Å². The Morgan fingerprint density at radius 2 is 1.50 bits per heavy atom. The van der Waals surface area contributed by atoms with Gasteiger partial charge in [-0.25, -0.2) is 36.6 Å². The zero-order valence-electron chi connectivity index (χ0n) is 54.2. The summed E-state index contributed by atoms with van der Waals surface area (Å²) in [4.78, 5) is 36.0. The van der Waals surface area contributed by atoms with Crippen molar-refractivity contribution >= 4 is 67.0 Å². The number of sulfone groups is 1. The van der Waals surface area contributed by atoms with Crippen LogP contribution in [0.5, 0.6) is 28.7 Å². The van der Waals surface area contributed by atoms with Crippen LogP contribution in [0.3, 0.4) is 0 Å². The van der Waals surface area contributed by atoms with Gasteiger partial charge in [-0.15, -0.1) is 25.0 Å². The van der Waals surface area contributed by atoms with E-state index in [9.17, 15) is 35.4 Å². The van der Waals surface area contributed by atoms with E-state index in [1.54, 1.807) is 53.5 Å². The molecule has 26 nitrogen and oxygen atoms in total. The quantitative estimate of drug-likeness (QED) is 0.0486. The minimum absolute atomic E-state index is 0.0128. The van der Waals surface area contributed by atoms with Crippen molar-refractivity contribution < 1.29 is 58.5 Å². The topological polar surface area (TPSA) is 303 Å². The van der Waals surface area contributed by atoms with Gasteiger partial charge in [0.2, 0.25) is 22.4 Å². The van der Waals surface area contributed by atoms with Gasteiger partial charge in [0.05, 0.1) is 46.7 Å². The first-order valence-corrected chi connectivity index (χ1v) is 33.9. The van der Waals surface area contributed by atoms with Gasteiger partial charge >= 0.3 is 12.1 Å². The lowest BCUT2D eigenvalue weighted by atomic mass is 9.94. The molecule has 11 aromatic rings. The molecular formula is C64H72ClF3N16O10S2. The van der Waals surface area contributed by atoms with Crippen LogP contribution in [0.15, 0.2) is 109 Å². The normalized spacial score (nSPS) is 14.1. The van der Waals surface area contributed by atoms with E-state index in [1.165, 1.54) is 18.5 Å². The molecule has 3 unspecified atom stereocenters. The molecule has 12 rings (SSSR count). The van der Waals surface area contributed by atoms with Crippen LogP contribution in [0, 0.1) is 34.6 Å². The van der Waals surface area contributed by atoms with Gasteiger partial charge in [-0.05, 0) is 134 Å². The second kappa shape index (κ2) is 29.1. The predicted molar refractivity (Wildman–Crippen MR) is 353 cm³/mol. The van der Waals surface area contributed by atoms with Gasteiger partial charge in [-0.3, -0.25) is 20.1 Å². The van der Waals surface area contributed by atoms with E-state index in [2.05, 4.69) is 56.1 Å². The number of fused-ring (bicyclic) bond motifs is 3. The first-order chi connectivity index (χ1) is 45.6. The zero-order valence-corrected chi connectivity index (χ0v) is 56.6. The Hall–Kier alpha value is -9.75. The van der Waals surface area contributed by atoms with E-state index in [4.69, 9.17) is 34.7 Å². The summed E-state index contributed by atoms with van der Waals surface area (Å²) in [5.74, 6) is 4.27. The standard InChI is InChI=1S/C23H25N5O3.C22H28ClN5O5S.C19H19F3N6O2S/c1-14-9-11-17(12-10-14)31-20-16(3)26-28-22(20)25-21(27-28)15(2)13-24-23(29)18-7-5-6-8-19(18)30-4;1-14-18(23)19-24-25-21(28(19)26-14)22(3,4)13-32-20(29)15(2)33-17-7-5-16(6-8-17)27-9-11-34(30,31)12-10-27;1-12-6-7-13(2)14(11-12)30-31(29)10-3-5-15-24-18-16(27-9-4-8-23-27)17(19(20,21)22)26-28(18)25-15/h5-12,15,26H,13H2,1-4H3,(H,24,29);5-8,15,26H,9-13H2,1-4H3;4,6-9,11,26H,3,5,10H2,1-2H3. The molecule has 0 radical (unpaired) electrons.